The summed E-state index contributed by atoms with van der Waals surface area (Å²) in [5, 5.41) is 12.4. The lowest BCUT2D eigenvalue weighted by atomic mass is 9.97. The molecule has 2 heterocycles. The van der Waals surface area contributed by atoms with Gasteiger partial charge in [-0.25, -0.2) is 4.52 Å². The van der Waals surface area contributed by atoms with Crippen LogP contribution in [0.15, 0.2) is 48.5 Å². The highest BCUT2D eigenvalue weighted by Crippen LogP contribution is 2.35. The quantitative estimate of drug-likeness (QED) is 0.0764. The molecule has 0 aliphatic heterocycles. The third-order valence-electron chi connectivity index (χ3n) is 8.33. The summed E-state index contributed by atoms with van der Waals surface area (Å²) in [6.45, 7) is 12.6. The molecule has 2 atom stereocenters. The highest BCUT2D eigenvalue weighted by Gasteiger charge is 2.21. The van der Waals surface area contributed by atoms with Crippen molar-refractivity contribution in [3.63, 3.8) is 0 Å². The third-order valence-corrected chi connectivity index (χ3v) is 10.1. The van der Waals surface area contributed by atoms with Crippen molar-refractivity contribution < 1.29 is 21.5 Å². The van der Waals surface area contributed by atoms with Crippen molar-refractivity contribution in [3.8, 4) is 28.6 Å². The molecule has 268 valence electrons. The molecule has 11 nitrogen and oxygen atoms in total. The molecule has 0 aliphatic rings. The number of H-pyrrole nitrogens is 1. The SMILES string of the molecule is CCCCCCCCOc1ccc(C)cc1OS(=O)Nc1cc(OS(=O)Nc2c(C)cc(C)c(-c3nnc4cc(CC)[nH]n34)c2C)ccc1Cl. The van der Waals surface area contributed by atoms with Crippen molar-refractivity contribution in [2.45, 2.75) is 86.5 Å². The number of hydrogen-bond acceptors (Lipinski definition) is 7. The summed E-state index contributed by atoms with van der Waals surface area (Å²) in [7, 11) is 0. The van der Waals surface area contributed by atoms with E-state index in [1.807, 2.05) is 56.5 Å². The molecule has 0 fully saturated rings. The lowest BCUT2D eigenvalue weighted by Crippen LogP contribution is -2.15. The smallest absolute Gasteiger partial charge is 0.316 e. The highest BCUT2D eigenvalue weighted by molar-refractivity contribution is 7.82. The van der Waals surface area contributed by atoms with E-state index in [2.05, 4.69) is 38.6 Å². The Bertz CT molecular complexity index is 2000. The van der Waals surface area contributed by atoms with Crippen LogP contribution in [0.3, 0.4) is 0 Å². The first-order valence-corrected chi connectivity index (χ1v) is 19.4. The van der Waals surface area contributed by atoms with Gasteiger partial charge in [0.1, 0.15) is 5.75 Å². The minimum Gasteiger partial charge on any atom is -0.490 e. The Morgan fingerprint density at radius 2 is 1.58 bits per heavy atom. The lowest BCUT2D eigenvalue weighted by Gasteiger charge is -2.17. The van der Waals surface area contributed by atoms with Gasteiger partial charge in [0.25, 0.3) is 0 Å². The Morgan fingerprint density at radius 3 is 2.36 bits per heavy atom. The molecule has 5 aromatic rings. The number of fused-ring (bicyclic) bond motifs is 1. The molecule has 14 heteroatoms. The fourth-order valence-corrected chi connectivity index (χ4v) is 7.45. The van der Waals surface area contributed by atoms with Crippen LogP contribution in [0.25, 0.3) is 17.0 Å². The molecule has 2 unspecified atom stereocenters. The first-order chi connectivity index (χ1) is 24.1. The summed E-state index contributed by atoms with van der Waals surface area (Å²) in [5.41, 5.74) is 7.25. The van der Waals surface area contributed by atoms with Gasteiger partial charge in [0, 0.05) is 23.4 Å². The molecule has 3 N–H and O–H groups in total. The number of unbranched alkanes of at least 4 members (excludes halogenated alkanes) is 5. The zero-order chi connectivity index (χ0) is 35.8. The van der Waals surface area contributed by atoms with Crippen molar-refractivity contribution in [2.75, 3.05) is 16.1 Å². The van der Waals surface area contributed by atoms with Crippen molar-refractivity contribution in [1.82, 2.24) is 19.8 Å². The van der Waals surface area contributed by atoms with Crippen molar-refractivity contribution in [2.24, 2.45) is 0 Å². The molecular formula is C36H45ClN6O5S2. The summed E-state index contributed by atoms with van der Waals surface area (Å²) in [5.74, 6) is 1.77. The number of hydrogen-bond donors (Lipinski definition) is 3. The van der Waals surface area contributed by atoms with Crippen molar-refractivity contribution in [3.05, 3.63) is 81.5 Å². The van der Waals surface area contributed by atoms with Gasteiger partial charge in [-0.1, -0.05) is 69.7 Å². The Hall–Kier alpha value is -4.07. The monoisotopic (exact) mass is 740 g/mol. The number of aromatic amines is 1. The summed E-state index contributed by atoms with van der Waals surface area (Å²) >= 11 is 2.41. The number of aryl methyl sites for hydroxylation is 4. The van der Waals surface area contributed by atoms with Crippen LogP contribution in [0.2, 0.25) is 5.02 Å². The Morgan fingerprint density at radius 1 is 0.820 bits per heavy atom. The molecule has 0 saturated carbocycles. The van der Waals surface area contributed by atoms with Gasteiger partial charge in [-0.2, -0.15) is 8.42 Å². The van der Waals surface area contributed by atoms with E-state index in [4.69, 9.17) is 24.7 Å². The zero-order valence-corrected chi connectivity index (χ0v) is 31.7. The normalized spacial score (nSPS) is 12.5. The summed E-state index contributed by atoms with van der Waals surface area (Å²) in [4.78, 5) is 0. The van der Waals surface area contributed by atoms with Gasteiger partial charge in [0.15, 0.2) is 23.0 Å². The van der Waals surface area contributed by atoms with Gasteiger partial charge in [-0.3, -0.25) is 14.5 Å². The van der Waals surface area contributed by atoms with Crippen LogP contribution in [0.1, 0.15) is 80.3 Å². The van der Waals surface area contributed by atoms with E-state index < -0.39 is 22.5 Å². The Labute approximate surface area is 304 Å². The highest BCUT2D eigenvalue weighted by atomic mass is 35.5. The molecule has 0 radical (unpaired) electrons. The standard InChI is InChI=1S/C36H45ClN6O5S2/c1-7-9-10-11-12-13-18-46-31-17-14-23(3)19-32(31)48-49(44)41-30-22-28(15-16-29(30)37)47-50(45)42-35-25(5)20-24(4)34(26(35)6)36-39-38-33-21-27(8-2)40-43(33)36/h14-17,19-22,40-42H,7-13,18H2,1-6H3. The van der Waals surface area contributed by atoms with E-state index in [-0.39, 0.29) is 16.5 Å². The molecular weight excluding hydrogens is 696 g/mol. The van der Waals surface area contributed by atoms with E-state index >= 15 is 0 Å². The zero-order valence-electron chi connectivity index (χ0n) is 29.4. The number of benzene rings is 3. The van der Waals surface area contributed by atoms with Gasteiger partial charge in [0.05, 0.1) is 23.0 Å². The van der Waals surface area contributed by atoms with Gasteiger partial charge in [-0.15, -0.1) is 10.2 Å². The number of aromatic nitrogens is 4. The molecule has 0 saturated heterocycles. The molecule has 0 bridgehead atoms. The maximum absolute atomic E-state index is 13.3. The predicted molar refractivity (Wildman–Crippen MR) is 203 cm³/mol. The lowest BCUT2D eigenvalue weighted by molar-refractivity contribution is 0.296. The molecule has 3 aromatic carbocycles. The van der Waals surface area contributed by atoms with Crippen LogP contribution in [0, 0.1) is 27.7 Å². The van der Waals surface area contributed by atoms with E-state index in [1.165, 1.54) is 31.7 Å². The topological polar surface area (TPSA) is 132 Å². The maximum Gasteiger partial charge on any atom is 0.316 e. The summed E-state index contributed by atoms with van der Waals surface area (Å²) in [6, 6.07) is 14.1. The second-order valence-electron chi connectivity index (χ2n) is 12.3. The molecule has 5 rings (SSSR count). The Kier molecular flexibility index (Phi) is 12.8. The molecule has 0 amide bonds. The second-order valence-corrected chi connectivity index (χ2v) is 14.4. The summed E-state index contributed by atoms with van der Waals surface area (Å²) in [6.07, 6.45) is 7.74. The first-order valence-electron chi connectivity index (χ1n) is 16.9. The molecule has 50 heavy (non-hydrogen) atoms. The first kappa shape index (κ1) is 37.2. The van der Waals surface area contributed by atoms with Crippen LogP contribution in [-0.2, 0) is 29.0 Å². The van der Waals surface area contributed by atoms with Gasteiger partial charge in [0.2, 0.25) is 0 Å². The molecule has 2 aromatic heterocycles. The number of ether oxygens (including phenoxy) is 1. The van der Waals surface area contributed by atoms with Crippen LogP contribution in [0.5, 0.6) is 17.2 Å². The fourth-order valence-electron chi connectivity index (χ4n) is 5.74. The Balaban J connectivity index is 1.24. The minimum absolute atomic E-state index is 0.235. The maximum atomic E-state index is 13.3. The summed E-state index contributed by atoms with van der Waals surface area (Å²) < 4.78 is 51.6. The minimum atomic E-state index is -2.03. The predicted octanol–water partition coefficient (Wildman–Crippen LogP) is 9.05. The number of anilines is 2. The van der Waals surface area contributed by atoms with E-state index in [1.54, 1.807) is 18.2 Å². The largest absolute Gasteiger partial charge is 0.490 e. The number of rotatable bonds is 18. The van der Waals surface area contributed by atoms with Gasteiger partial charge >= 0.3 is 22.5 Å². The van der Waals surface area contributed by atoms with Crippen LogP contribution < -0.4 is 22.5 Å². The van der Waals surface area contributed by atoms with Gasteiger partial charge in [-0.05, 0) is 87.1 Å². The van der Waals surface area contributed by atoms with Crippen molar-refractivity contribution >= 4 is 51.2 Å². The molecule has 0 aliphatic carbocycles. The average Bonchev–Trinajstić information content (AvgIpc) is 3.66. The van der Waals surface area contributed by atoms with E-state index in [9.17, 15) is 8.42 Å². The number of nitrogens with one attached hydrogen (secondary N) is 3. The number of halogens is 1. The average molecular weight is 741 g/mol. The molecule has 0 spiro atoms. The van der Waals surface area contributed by atoms with Crippen molar-refractivity contribution in [1.29, 1.82) is 0 Å². The van der Waals surface area contributed by atoms with Crippen LogP contribution in [0.4, 0.5) is 11.4 Å². The second kappa shape index (κ2) is 17.2. The fraction of sp³-hybridized carbons (Fsp3) is 0.389. The van der Waals surface area contributed by atoms with E-state index in [0.29, 0.717) is 29.6 Å². The van der Waals surface area contributed by atoms with Gasteiger partial charge < -0.3 is 13.1 Å². The third kappa shape index (κ3) is 9.18. The van der Waals surface area contributed by atoms with E-state index in [0.717, 1.165) is 58.4 Å². The van der Waals surface area contributed by atoms with Crippen LogP contribution in [-0.4, -0.2) is 34.8 Å². The number of nitrogens with zero attached hydrogens (tertiary/aromatic N) is 3. The van der Waals surface area contributed by atoms with Crippen LogP contribution >= 0.6 is 11.6 Å².